The van der Waals surface area contributed by atoms with Crippen molar-refractivity contribution in [3.63, 3.8) is 0 Å². The molecule has 14 heavy (non-hydrogen) atoms. The summed E-state index contributed by atoms with van der Waals surface area (Å²) in [6, 6.07) is 5.21. The molecule has 0 saturated carbocycles. The maximum Gasteiger partial charge on any atom is 0.337 e. The van der Waals surface area contributed by atoms with Gasteiger partial charge in [-0.05, 0) is 18.2 Å². The van der Waals surface area contributed by atoms with Gasteiger partial charge < -0.3 is 14.1 Å². The number of carboxylic acids is 1. The summed E-state index contributed by atoms with van der Waals surface area (Å²) in [6.45, 7) is 0.556. The number of rotatable bonds is 3. The second-order valence-corrected chi connectivity index (χ2v) is 2.96. The molecule has 0 aliphatic carbocycles. The zero-order valence-electron chi connectivity index (χ0n) is 7.38. The molecular formula is C10H9NO3. The smallest absolute Gasteiger partial charge is 0.337 e. The molecule has 2 rings (SSSR count). The third kappa shape index (κ3) is 1.69. The van der Waals surface area contributed by atoms with Crippen molar-refractivity contribution in [2.75, 3.05) is 0 Å². The van der Waals surface area contributed by atoms with E-state index in [-0.39, 0.29) is 5.56 Å². The van der Waals surface area contributed by atoms with Gasteiger partial charge in [0.2, 0.25) is 0 Å². The molecule has 2 heterocycles. The summed E-state index contributed by atoms with van der Waals surface area (Å²) < 4.78 is 6.91. The largest absolute Gasteiger partial charge is 0.478 e. The Morgan fingerprint density at radius 3 is 2.93 bits per heavy atom. The van der Waals surface area contributed by atoms with E-state index >= 15 is 0 Å². The van der Waals surface area contributed by atoms with Crippen LogP contribution >= 0.6 is 0 Å². The summed E-state index contributed by atoms with van der Waals surface area (Å²) in [5.74, 6) is -0.110. The summed E-state index contributed by atoms with van der Waals surface area (Å²) in [7, 11) is 0. The molecule has 0 radical (unpaired) electrons. The molecule has 0 fully saturated rings. The Bertz CT molecular complexity index is 428. The van der Waals surface area contributed by atoms with Crippen LogP contribution in [0.15, 0.2) is 41.3 Å². The van der Waals surface area contributed by atoms with Crippen LogP contribution in [0.1, 0.15) is 16.1 Å². The van der Waals surface area contributed by atoms with Crippen molar-refractivity contribution in [3.8, 4) is 0 Å². The third-order valence-corrected chi connectivity index (χ3v) is 1.92. The summed E-state index contributed by atoms with van der Waals surface area (Å²) in [4.78, 5) is 10.6. The van der Waals surface area contributed by atoms with Crippen LogP contribution in [-0.2, 0) is 6.54 Å². The number of furan rings is 1. The fraction of sp³-hybridized carbons (Fsp3) is 0.100. The van der Waals surface area contributed by atoms with E-state index in [0.717, 1.165) is 5.76 Å². The van der Waals surface area contributed by atoms with Crippen molar-refractivity contribution >= 4 is 5.97 Å². The van der Waals surface area contributed by atoms with Gasteiger partial charge in [-0.1, -0.05) is 0 Å². The molecule has 0 aliphatic rings. The molecule has 2 aromatic rings. The maximum absolute atomic E-state index is 10.6. The monoisotopic (exact) mass is 191 g/mol. The average molecular weight is 191 g/mol. The molecule has 0 aromatic carbocycles. The lowest BCUT2D eigenvalue weighted by Gasteiger charge is -1.97. The molecule has 1 N–H and O–H groups in total. The number of hydrogen-bond acceptors (Lipinski definition) is 2. The van der Waals surface area contributed by atoms with E-state index in [1.165, 1.54) is 0 Å². The van der Waals surface area contributed by atoms with E-state index in [4.69, 9.17) is 9.52 Å². The van der Waals surface area contributed by atoms with Gasteiger partial charge >= 0.3 is 5.97 Å². The minimum absolute atomic E-state index is 0.288. The zero-order chi connectivity index (χ0) is 9.97. The first-order valence-electron chi connectivity index (χ1n) is 4.17. The van der Waals surface area contributed by atoms with Crippen molar-refractivity contribution in [3.05, 3.63) is 48.2 Å². The molecule has 4 nitrogen and oxygen atoms in total. The molecule has 72 valence electrons. The van der Waals surface area contributed by atoms with Gasteiger partial charge in [0, 0.05) is 12.4 Å². The highest BCUT2D eigenvalue weighted by Gasteiger charge is 2.04. The Hall–Kier alpha value is -1.97. The van der Waals surface area contributed by atoms with Gasteiger partial charge in [-0.2, -0.15) is 0 Å². The zero-order valence-corrected chi connectivity index (χ0v) is 7.38. The van der Waals surface area contributed by atoms with Crippen LogP contribution in [0.5, 0.6) is 0 Å². The van der Waals surface area contributed by atoms with E-state index < -0.39 is 5.97 Å². The lowest BCUT2D eigenvalue weighted by molar-refractivity contribution is 0.0697. The molecular weight excluding hydrogens is 182 g/mol. The molecule has 0 aliphatic heterocycles. The third-order valence-electron chi connectivity index (χ3n) is 1.92. The van der Waals surface area contributed by atoms with Crippen LogP contribution in [0.3, 0.4) is 0 Å². The number of nitrogens with zero attached hydrogens (tertiary/aromatic N) is 1. The first-order chi connectivity index (χ1) is 6.75. The van der Waals surface area contributed by atoms with E-state index in [9.17, 15) is 4.79 Å². The second-order valence-electron chi connectivity index (χ2n) is 2.96. The van der Waals surface area contributed by atoms with Crippen molar-refractivity contribution in [2.24, 2.45) is 0 Å². The standard InChI is InChI=1S/C10H9NO3/c12-10(13)8-3-4-11(6-8)7-9-2-1-5-14-9/h1-6H,7H2,(H,12,13). The highest BCUT2D eigenvalue weighted by Crippen LogP contribution is 2.06. The first kappa shape index (κ1) is 8.62. The minimum atomic E-state index is -0.914. The topological polar surface area (TPSA) is 55.4 Å². The Morgan fingerprint density at radius 1 is 1.50 bits per heavy atom. The van der Waals surface area contributed by atoms with Gasteiger partial charge in [0.25, 0.3) is 0 Å². The highest BCUT2D eigenvalue weighted by atomic mass is 16.4. The quantitative estimate of drug-likeness (QED) is 0.805. The predicted molar refractivity (Wildman–Crippen MR) is 49.2 cm³/mol. The van der Waals surface area contributed by atoms with Gasteiger partial charge in [0.05, 0.1) is 18.4 Å². The number of carbonyl (C=O) groups is 1. The summed E-state index contributed by atoms with van der Waals surface area (Å²) in [6.07, 6.45) is 4.88. The molecule has 0 spiro atoms. The Morgan fingerprint density at radius 2 is 2.36 bits per heavy atom. The minimum Gasteiger partial charge on any atom is -0.478 e. The van der Waals surface area contributed by atoms with Crippen molar-refractivity contribution < 1.29 is 14.3 Å². The Kier molecular flexibility index (Phi) is 2.10. The normalized spacial score (nSPS) is 10.3. The summed E-state index contributed by atoms with van der Waals surface area (Å²) >= 11 is 0. The molecule has 0 saturated heterocycles. The van der Waals surface area contributed by atoms with Crippen LogP contribution in [0.4, 0.5) is 0 Å². The SMILES string of the molecule is O=C(O)c1ccn(Cc2ccco2)c1. The van der Waals surface area contributed by atoms with Crippen molar-refractivity contribution in [1.82, 2.24) is 4.57 Å². The molecule has 0 amide bonds. The highest BCUT2D eigenvalue weighted by molar-refractivity contribution is 5.87. The summed E-state index contributed by atoms with van der Waals surface area (Å²) in [5, 5.41) is 8.69. The van der Waals surface area contributed by atoms with E-state index in [0.29, 0.717) is 6.54 Å². The number of carboxylic acid groups (broad SMARTS) is 1. The Labute approximate surface area is 80.4 Å². The van der Waals surface area contributed by atoms with Gasteiger partial charge in [0.1, 0.15) is 5.76 Å². The van der Waals surface area contributed by atoms with E-state index in [2.05, 4.69) is 0 Å². The number of aromatic carboxylic acids is 1. The van der Waals surface area contributed by atoms with Crippen molar-refractivity contribution in [2.45, 2.75) is 6.54 Å². The van der Waals surface area contributed by atoms with Crippen molar-refractivity contribution in [1.29, 1.82) is 0 Å². The lowest BCUT2D eigenvalue weighted by Crippen LogP contribution is -1.96. The fourth-order valence-corrected chi connectivity index (χ4v) is 1.25. The molecule has 4 heteroatoms. The van der Waals surface area contributed by atoms with E-state index in [1.54, 1.807) is 35.4 Å². The molecule has 0 unspecified atom stereocenters. The Balaban J connectivity index is 2.14. The van der Waals surface area contributed by atoms with Gasteiger partial charge in [0.15, 0.2) is 0 Å². The van der Waals surface area contributed by atoms with Crippen LogP contribution in [0.25, 0.3) is 0 Å². The predicted octanol–water partition coefficient (Wildman–Crippen LogP) is 1.83. The van der Waals surface area contributed by atoms with Crippen LogP contribution in [0.2, 0.25) is 0 Å². The number of aromatic nitrogens is 1. The van der Waals surface area contributed by atoms with Crippen LogP contribution in [0, 0.1) is 0 Å². The summed E-state index contributed by atoms with van der Waals surface area (Å²) in [5.41, 5.74) is 0.288. The van der Waals surface area contributed by atoms with Gasteiger partial charge in [-0.3, -0.25) is 0 Å². The fourth-order valence-electron chi connectivity index (χ4n) is 1.25. The maximum atomic E-state index is 10.6. The molecule has 2 aromatic heterocycles. The lowest BCUT2D eigenvalue weighted by atomic mass is 10.3. The van der Waals surface area contributed by atoms with Crippen LogP contribution < -0.4 is 0 Å². The number of hydrogen-bond donors (Lipinski definition) is 1. The van der Waals surface area contributed by atoms with Crippen LogP contribution in [-0.4, -0.2) is 15.6 Å². The second kappa shape index (κ2) is 3.41. The van der Waals surface area contributed by atoms with E-state index in [1.807, 2.05) is 6.07 Å². The van der Waals surface area contributed by atoms with Gasteiger partial charge in [-0.15, -0.1) is 0 Å². The molecule has 0 bridgehead atoms. The average Bonchev–Trinajstić information content (AvgIpc) is 2.75. The molecule has 0 atom stereocenters. The first-order valence-corrected chi connectivity index (χ1v) is 4.17. The van der Waals surface area contributed by atoms with Gasteiger partial charge in [-0.25, -0.2) is 4.79 Å².